The number of hydrogen-bond acceptors (Lipinski definition) is 3. The minimum atomic E-state index is -1.85. The van der Waals surface area contributed by atoms with Crippen LogP contribution in [0.2, 0.25) is 0 Å². The summed E-state index contributed by atoms with van der Waals surface area (Å²) in [5.41, 5.74) is 0.933. The Morgan fingerprint density at radius 1 is 1.16 bits per heavy atom. The van der Waals surface area contributed by atoms with E-state index in [0.717, 1.165) is 5.66 Å². The van der Waals surface area contributed by atoms with E-state index in [1.807, 2.05) is 0 Å². The Bertz CT molecular complexity index is 361. The van der Waals surface area contributed by atoms with Crippen LogP contribution in [0.1, 0.15) is 40.5 Å². The van der Waals surface area contributed by atoms with Gasteiger partial charge in [-0.25, -0.2) is 0 Å². The molecule has 0 amide bonds. The third kappa shape index (κ3) is 3.03. The maximum atomic E-state index is 4.26. The van der Waals surface area contributed by atoms with Crippen molar-refractivity contribution >= 4 is 22.0 Å². The summed E-state index contributed by atoms with van der Waals surface area (Å²) in [6.45, 7) is 12.8. The predicted octanol–water partition coefficient (Wildman–Crippen LogP) is 3.81. The van der Waals surface area contributed by atoms with Gasteiger partial charge in [-0.2, -0.15) is 0 Å². The molecule has 2 saturated heterocycles. The zero-order valence-corrected chi connectivity index (χ0v) is 16.7. The summed E-state index contributed by atoms with van der Waals surface area (Å²) < 4.78 is 0. The summed E-state index contributed by atoms with van der Waals surface area (Å²) in [5.74, 6) is 0. The van der Waals surface area contributed by atoms with Crippen molar-refractivity contribution in [1.82, 2.24) is 14.6 Å². The second-order valence-electron chi connectivity index (χ2n) is 7.54. The molecule has 1 atom stereocenters. The molecule has 1 spiro atoms. The Morgan fingerprint density at radius 3 is 2.16 bits per heavy atom. The average molecular weight is 327 g/mol. The fourth-order valence-corrected chi connectivity index (χ4v) is 29.4. The van der Waals surface area contributed by atoms with Crippen LogP contribution >= 0.6 is 22.0 Å². The van der Waals surface area contributed by atoms with Crippen LogP contribution in [0.5, 0.6) is 0 Å². The molecule has 3 N–H and O–H groups in total. The first-order valence-electron chi connectivity index (χ1n) is 8.13. The van der Waals surface area contributed by atoms with Gasteiger partial charge in [-0.05, 0) is 0 Å². The summed E-state index contributed by atoms with van der Waals surface area (Å²) >= 11 is 0. The summed E-state index contributed by atoms with van der Waals surface area (Å²) in [6.07, 6.45) is 8.16. The molecule has 2 rings (SSSR count). The predicted molar refractivity (Wildman–Crippen MR) is 100.0 cm³/mol. The molecule has 118 valence electrons. The van der Waals surface area contributed by atoms with E-state index in [1.165, 1.54) is 37.5 Å². The van der Waals surface area contributed by atoms with E-state index < -0.39 is 22.0 Å². The van der Waals surface area contributed by atoms with E-state index >= 15 is 0 Å². The summed E-state index contributed by atoms with van der Waals surface area (Å²) in [6, 6.07) is 0. The second-order valence-corrected chi connectivity index (χ2v) is 22.2. The molecule has 19 heavy (non-hydrogen) atoms. The molecular weight excluding hydrogens is 291 g/mol. The monoisotopic (exact) mass is 327 g/mol. The van der Waals surface area contributed by atoms with Crippen molar-refractivity contribution < 1.29 is 0 Å². The van der Waals surface area contributed by atoms with Crippen LogP contribution < -0.4 is 14.6 Å². The number of unbranched alkanes of at least 4 members (excludes halogenated alkanes) is 1. The van der Waals surface area contributed by atoms with Crippen LogP contribution in [0, 0.1) is 0 Å². The van der Waals surface area contributed by atoms with Crippen molar-refractivity contribution in [2.45, 2.75) is 46.2 Å². The third-order valence-corrected chi connectivity index (χ3v) is 25.8. The van der Waals surface area contributed by atoms with Crippen molar-refractivity contribution in [1.29, 1.82) is 0 Å². The molecule has 0 aromatic heterocycles. The fourth-order valence-electron chi connectivity index (χ4n) is 3.82. The van der Waals surface area contributed by atoms with Crippen molar-refractivity contribution in [2.75, 3.05) is 38.0 Å². The van der Waals surface area contributed by atoms with E-state index in [2.05, 4.69) is 55.6 Å². The Balaban J connectivity index is 2.29. The average Bonchev–Trinajstić information content (AvgIpc) is 2.94. The zero-order chi connectivity index (χ0) is 14.4. The molecule has 0 radical (unpaired) electrons. The van der Waals surface area contributed by atoms with Gasteiger partial charge in [0.15, 0.2) is 0 Å². The van der Waals surface area contributed by atoms with Gasteiger partial charge >= 0.3 is 121 Å². The first kappa shape index (κ1) is 16.5. The molecule has 0 bridgehead atoms. The topological polar surface area (TPSA) is 36.1 Å². The molecule has 0 aromatic rings. The molecule has 0 aliphatic carbocycles. The third-order valence-electron chi connectivity index (χ3n) is 5.65. The zero-order valence-electron chi connectivity index (χ0n) is 13.8. The van der Waals surface area contributed by atoms with Crippen molar-refractivity contribution in [3.8, 4) is 0 Å². The molecule has 2 aliphatic heterocycles. The van der Waals surface area contributed by atoms with E-state index in [0.29, 0.717) is 0 Å². The number of nitrogens with one attached hydrogen (secondary N) is 3. The summed E-state index contributed by atoms with van der Waals surface area (Å²) in [5, 5.41) is 0. The first-order valence-corrected chi connectivity index (χ1v) is 16.2. The van der Waals surface area contributed by atoms with Crippen molar-refractivity contribution in [3.05, 3.63) is 0 Å². The van der Waals surface area contributed by atoms with Crippen LogP contribution in [0.25, 0.3) is 0 Å². The molecule has 0 saturated carbocycles. The van der Waals surface area contributed by atoms with Crippen LogP contribution in [-0.4, -0.2) is 43.6 Å². The Hall–Kier alpha value is 1.17. The molecule has 1 unspecified atom stereocenters. The summed E-state index contributed by atoms with van der Waals surface area (Å²) in [4.78, 5) is 12.7. The SMILES string of the molecule is CCCC[PH]1(C)N[PH]2(CC2C)NP(C)(CC)(CC)N1. The van der Waals surface area contributed by atoms with E-state index in [4.69, 9.17) is 0 Å². The van der Waals surface area contributed by atoms with Gasteiger partial charge in [0.2, 0.25) is 0 Å². The molecule has 3 nitrogen and oxygen atoms in total. The standard InChI is InChI=1S/C13H36N3P3/c1-7-10-11-17(5)14-18(12-13(18)4)16-19(6,8-2,9-3)15-17/h13-18H,7-12H2,1-6H3. The summed E-state index contributed by atoms with van der Waals surface area (Å²) in [7, 11) is -2.79. The van der Waals surface area contributed by atoms with Gasteiger partial charge in [-0.1, -0.05) is 0 Å². The van der Waals surface area contributed by atoms with E-state index in [-0.39, 0.29) is 0 Å². The van der Waals surface area contributed by atoms with Crippen LogP contribution in [0.15, 0.2) is 0 Å². The Labute approximate surface area is 121 Å². The Morgan fingerprint density at radius 2 is 1.74 bits per heavy atom. The second kappa shape index (κ2) is 5.12. The van der Waals surface area contributed by atoms with Gasteiger partial charge in [0.1, 0.15) is 0 Å². The molecule has 0 aromatic carbocycles. The normalized spacial score (nSPS) is 38.8. The molecule has 6 heteroatoms. The molecular formula is C13H36N3P3. The molecule has 2 aliphatic rings. The van der Waals surface area contributed by atoms with E-state index in [1.54, 1.807) is 0 Å². The van der Waals surface area contributed by atoms with Crippen LogP contribution in [0.4, 0.5) is 0 Å². The number of rotatable bonds is 5. The molecule has 2 heterocycles. The first-order chi connectivity index (χ1) is 8.73. The van der Waals surface area contributed by atoms with Crippen molar-refractivity contribution in [3.63, 3.8) is 0 Å². The Kier molecular flexibility index (Phi) is 4.45. The van der Waals surface area contributed by atoms with Gasteiger partial charge < -0.3 is 0 Å². The van der Waals surface area contributed by atoms with Gasteiger partial charge in [-0.3, -0.25) is 0 Å². The van der Waals surface area contributed by atoms with Crippen LogP contribution in [-0.2, 0) is 0 Å². The minimum absolute atomic E-state index is 0.933. The van der Waals surface area contributed by atoms with Crippen LogP contribution in [0.3, 0.4) is 0 Å². The van der Waals surface area contributed by atoms with Gasteiger partial charge in [0.05, 0.1) is 0 Å². The van der Waals surface area contributed by atoms with Gasteiger partial charge in [-0.15, -0.1) is 0 Å². The van der Waals surface area contributed by atoms with Gasteiger partial charge in [0, 0.05) is 0 Å². The molecule has 2 fully saturated rings. The quantitative estimate of drug-likeness (QED) is 0.672. The van der Waals surface area contributed by atoms with Gasteiger partial charge in [0.25, 0.3) is 0 Å². The number of hydrogen-bond donors (Lipinski definition) is 3. The van der Waals surface area contributed by atoms with E-state index in [9.17, 15) is 0 Å². The maximum absolute atomic E-state index is 4.26. The van der Waals surface area contributed by atoms with Crippen molar-refractivity contribution in [2.24, 2.45) is 0 Å². The fraction of sp³-hybridized carbons (Fsp3) is 1.00.